The van der Waals surface area contributed by atoms with Gasteiger partial charge in [0.25, 0.3) is 0 Å². The van der Waals surface area contributed by atoms with Crippen LogP contribution < -0.4 is 9.80 Å². The molecule has 2 aliphatic carbocycles. The van der Waals surface area contributed by atoms with E-state index < -0.39 is 5.41 Å². The Bertz CT molecular complexity index is 3540. The summed E-state index contributed by atoms with van der Waals surface area (Å²) in [6.45, 7) is 17.9. The van der Waals surface area contributed by atoms with Gasteiger partial charge >= 0.3 is 0 Å². The van der Waals surface area contributed by atoms with Crippen molar-refractivity contribution in [1.82, 2.24) is 9.97 Å². The first-order valence-corrected chi connectivity index (χ1v) is 24.6. The Morgan fingerprint density at radius 1 is 0.441 bits per heavy atom. The molecule has 0 bridgehead atoms. The molecule has 3 aromatic heterocycles. The lowest BCUT2D eigenvalue weighted by molar-refractivity contribution is 0.590. The van der Waals surface area contributed by atoms with Gasteiger partial charge in [0, 0.05) is 44.8 Å². The first-order valence-electron chi connectivity index (χ1n) is 23.8. The van der Waals surface area contributed by atoms with E-state index in [1.54, 1.807) is 0 Å². The van der Waals surface area contributed by atoms with E-state index in [0.29, 0.717) is 0 Å². The summed E-state index contributed by atoms with van der Waals surface area (Å²) in [6.07, 6.45) is 3.98. The van der Waals surface area contributed by atoms with Crippen LogP contribution in [0.1, 0.15) is 86.1 Å². The standard InChI is InChI=1S/C63H54N4S/c1-39-24-34-55(64-37-39)66(43-30-26-41(27-31-43)61(3,4)5)53-23-15-19-48-58-54(67(56-35-25-40(2)38-65-56)44-32-28-42(29-33-44)62(6,7)8)36-52-57(60(58)68-59(48)53)47-18-11-14-22-51(47)63(52)49-20-12-9-16-45(49)46-17-10-13-21-50(46)63/h9-38H,1-8H3. The van der Waals surface area contributed by atoms with Gasteiger partial charge in [-0.1, -0.05) is 163 Å². The molecule has 0 saturated heterocycles. The lowest BCUT2D eigenvalue weighted by Crippen LogP contribution is -2.26. The van der Waals surface area contributed by atoms with E-state index in [1.807, 2.05) is 23.7 Å². The Morgan fingerprint density at radius 2 is 0.912 bits per heavy atom. The molecule has 7 aromatic carbocycles. The fourth-order valence-electron chi connectivity index (χ4n) is 11.0. The van der Waals surface area contributed by atoms with E-state index in [4.69, 9.17) is 9.97 Å². The zero-order valence-electron chi connectivity index (χ0n) is 40.0. The van der Waals surface area contributed by atoms with Crippen LogP contribution in [0.3, 0.4) is 0 Å². The number of pyridine rings is 2. The molecule has 5 heteroatoms. The summed E-state index contributed by atoms with van der Waals surface area (Å²) in [6, 6.07) is 63.7. The summed E-state index contributed by atoms with van der Waals surface area (Å²) in [5, 5.41) is 2.40. The van der Waals surface area contributed by atoms with E-state index in [-0.39, 0.29) is 10.8 Å². The fraction of sp³-hybridized carbons (Fsp3) is 0.175. The smallest absolute Gasteiger partial charge is 0.137 e. The quantitative estimate of drug-likeness (QED) is 0.166. The second-order valence-electron chi connectivity index (χ2n) is 20.8. The van der Waals surface area contributed by atoms with E-state index in [2.05, 4.69) is 235 Å². The minimum absolute atomic E-state index is 0.00106. The summed E-state index contributed by atoms with van der Waals surface area (Å²) in [5.41, 5.74) is 19.1. The third-order valence-corrected chi connectivity index (χ3v) is 15.6. The Labute approximate surface area is 404 Å². The normalized spacial score (nSPS) is 13.4. The van der Waals surface area contributed by atoms with Gasteiger partial charge in [-0.3, -0.25) is 9.80 Å². The zero-order chi connectivity index (χ0) is 46.7. The minimum atomic E-state index is -0.545. The number of rotatable bonds is 6. The molecule has 12 rings (SSSR count). The van der Waals surface area contributed by atoms with Crippen LogP contribution in [-0.4, -0.2) is 9.97 Å². The molecular weight excluding hydrogens is 845 g/mol. The molecule has 0 N–H and O–H groups in total. The summed E-state index contributed by atoms with van der Waals surface area (Å²) in [7, 11) is 0. The molecule has 1 spiro atoms. The number of thiophene rings is 1. The Morgan fingerprint density at radius 3 is 1.40 bits per heavy atom. The van der Waals surface area contributed by atoms with Crippen LogP contribution >= 0.6 is 11.3 Å². The van der Waals surface area contributed by atoms with Crippen molar-refractivity contribution < 1.29 is 0 Å². The summed E-state index contributed by atoms with van der Waals surface area (Å²) in [4.78, 5) is 15.1. The van der Waals surface area contributed by atoms with Crippen molar-refractivity contribution in [2.24, 2.45) is 0 Å². The highest BCUT2D eigenvalue weighted by molar-refractivity contribution is 7.27. The van der Waals surface area contributed by atoms with Gasteiger partial charge in [-0.25, -0.2) is 9.97 Å². The van der Waals surface area contributed by atoms with Crippen LogP contribution in [0.4, 0.5) is 34.4 Å². The van der Waals surface area contributed by atoms with Gasteiger partial charge < -0.3 is 0 Å². The number of fused-ring (bicyclic) bond motifs is 14. The first-order chi connectivity index (χ1) is 32.8. The van der Waals surface area contributed by atoms with Crippen molar-refractivity contribution in [3.8, 4) is 22.3 Å². The third kappa shape index (κ3) is 6.32. The lowest BCUT2D eigenvalue weighted by Gasteiger charge is -2.32. The third-order valence-electron chi connectivity index (χ3n) is 14.4. The first kappa shape index (κ1) is 42.0. The molecule has 3 heterocycles. The maximum atomic E-state index is 5.24. The van der Waals surface area contributed by atoms with Crippen molar-refractivity contribution in [3.05, 3.63) is 227 Å². The molecule has 0 unspecified atom stereocenters. The zero-order valence-corrected chi connectivity index (χ0v) is 40.8. The summed E-state index contributed by atoms with van der Waals surface area (Å²) >= 11 is 1.90. The molecular formula is C63H54N4S. The van der Waals surface area contributed by atoms with Crippen LogP contribution in [0.15, 0.2) is 182 Å². The maximum Gasteiger partial charge on any atom is 0.137 e. The number of nitrogens with zero attached hydrogens (tertiary/aromatic N) is 4. The number of aryl methyl sites for hydroxylation is 2. The van der Waals surface area contributed by atoms with Crippen molar-refractivity contribution in [1.29, 1.82) is 0 Å². The highest BCUT2D eigenvalue weighted by Gasteiger charge is 2.52. The van der Waals surface area contributed by atoms with Gasteiger partial charge in [-0.05, 0) is 134 Å². The molecule has 0 atom stereocenters. The maximum absolute atomic E-state index is 5.24. The number of anilines is 6. The van der Waals surface area contributed by atoms with Crippen LogP contribution in [0.2, 0.25) is 0 Å². The highest BCUT2D eigenvalue weighted by Crippen LogP contribution is 2.66. The van der Waals surface area contributed by atoms with Crippen molar-refractivity contribution in [2.75, 3.05) is 9.80 Å². The second kappa shape index (κ2) is 15.3. The largest absolute Gasteiger partial charge is 0.294 e. The van der Waals surface area contributed by atoms with Crippen molar-refractivity contribution in [2.45, 2.75) is 71.6 Å². The van der Waals surface area contributed by atoms with Gasteiger partial charge in [0.1, 0.15) is 11.6 Å². The molecule has 0 radical (unpaired) electrons. The van der Waals surface area contributed by atoms with E-state index in [0.717, 1.165) is 45.5 Å². The van der Waals surface area contributed by atoms with Crippen molar-refractivity contribution >= 4 is 65.9 Å². The molecule has 0 saturated carbocycles. The topological polar surface area (TPSA) is 32.3 Å². The lowest BCUT2D eigenvalue weighted by atomic mass is 9.70. The Hall–Kier alpha value is -7.34. The summed E-state index contributed by atoms with van der Waals surface area (Å²) < 4.78 is 2.46. The minimum Gasteiger partial charge on any atom is -0.294 e. The second-order valence-corrected chi connectivity index (χ2v) is 21.8. The predicted molar refractivity (Wildman–Crippen MR) is 287 cm³/mol. The molecule has 0 fully saturated rings. The molecule has 68 heavy (non-hydrogen) atoms. The molecule has 0 amide bonds. The van der Waals surface area contributed by atoms with Crippen LogP contribution in [-0.2, 0) is 16.2 Å². The van der Waals surface area contributed by atoms with Crippen LogP contribution in [0.25, 0.3) is 42.4 Å². The number of aromatic nitrogens is 2. The number of hydrogen-bond donors (Lipinski definition) is 0. The molecule has 10 aromatic rings. The average molecular weight is 899 g/mol. The Kier molecular flexibility index (Phi) is 9.49. The Balaban J connectivity index is 1.23. The van der Waals surface area contributed by atoms with Crippen LogP contribution in [0, 0.1) is 13.8 Å². The van der Waals surface area contributed by atoms with E-state index >= 15 is 0 Å². The van der Waals surface area contributed by atoms with Crippen LogP contribution in [0.5, 0.6) is 0 Å². The molecule has 0 aliphatic heterocycles. The average Bonchev–Trinajstić information content (AvgIpc) is 3.98. The van der Waals surface area contributed by atoms with Crippen molar-refractivity contribution in [3.63, 3.8) is 0 Å². The fourth-order valence-corrected chi connectivity index (χ4v) is 12.4. The van der Waals surface area contributed by atoms with E-state index in [1.165, 1.54) is 75.8 Å². The monoisotopic (exact) mass is 898 g/mol. The molecule has 332 valence electrons. The predicted octanol–water partition coefficient (Wildman–Crippen LogP) is 17.3. The SMILES string of the molecule is Cc1ccc(N(c2ccc(C(C)(C)C)cc2)c2cccc3c2sc2c4c(cc(N(c5ccc(C(C)(C)C)cc5)c5ccc(C)cn5)c23)C2(c3ccccc3-c3ccccc32)c2ccccc2-4)nc1. The number of hydrogen-bond acceptors (Lipinski definition) is 5. The summed E-state index contributed by atoms with van der Waals surface area (Å²) in [5.74, 6) is 1.75. The molecule has 4 nitrogen and oxygen atoms in total. The number of benzene rings is 7. The highest BCUT2D eigenvalue weighted by atomic mass is 32.1. The van der Waals surface area contributed by atoms with Gasteiger partial charge in [-0.15, -0.1) is 11.3 Å². The molecule has 2 aliphatic rings. The van der Waals surface area contributed by atoms with Gasteiger partial charge in [-0.2, -0.15) is 0 Å². The van der Waals surface area contributed by atoms with Gasteiger partial charge in [0.05, 0.1) is 21.5 Å². The van der Waals surface area contributed by atoms with Gasteiger partial charge in [0.2, 0.25) is 0 Å². The van der Waals surface area contributed by atoms with Gasteiger partial charge in [0.15, 0.2) is 0 Å². The van der Waals surface area contributed by atoms with E-state index in [9.17, 15) is 0 Å².